The molecule has 4 aromatic rings. The first-order chi connectivity index (χ1) is 13.5. The van der Waals surface area contributed by atoms with Crippen LogP contribution in [0.1, 0.15) is 0 Å². The van der Waals surface area contributed by atoms with Crippen molar-refractivity contribution in [1.29, 1.82) is 0 Å². The number of methoxy groups -OCH3 is 1. The second-order valence-corrected chi connectivity index (χ2v) is 7.57. The van der Waals surface area contributed by atoms with Crippen LogP contribution in [0, 0.1) is 0 Å². The van der Waals surface area contributed by atoms with Crippen LogP contribution in [0.4, 0.5) is 11.5 Å². The maximum atomic E-state index is 12.6. The number of anilines is 2. The first kappa shape index (κ1) is 17.7. The summed E-state index contributed by atoms with van der Waals surface area (Å²) in [5.74, 6) is 0.903. The van der Waals surface area contributed by atoms with Crippen molar-refractivity contribution >= 4 is 32.6 Å². The van der Waals surface area contributed by atoms with E-state index in [-0.39, 0.29) is 4.90 Å². The highest BCUT2D eigenvalue weighted by Crippen LogP contribution is 2.23. The highest BCUT2D eigenvalue weighted by Gasteiger charge is 2.15. The van der Waals surface area contributed by atoms with E-state index in [1.807, 2.05) is 0 Å². The first-order valence-corrected chi connectivity index (χ1v) is 9.68. The van der Waals surface area contributed by atoms with Crippen LogP contribution in [-0.4, -0.2) is 35.3 Å². The number of nitrogens with one attached hydrogen (secondary N) is 1. The van der Waals surface area contributed by atoms with Gasteiger partial charge in [-0.05, 0) is 42.5 Å². The normalized spacial score (nSPS) is 11.5. The Morgan fingerprint density at radius 2 is 1.89 bits per heavy atom. The Bertz CT molecular complexity index is 1250. The zero-order chi connectivity index (χ0) is 19.7. The summed E-state index contributed by atoms with van der Waals surface area (Å²) in [5, 5.41) is 4.90. The lowest BCUT2D eigenvalue weighted by molar-refractivity contribution is 0.414. The van der Waals surface area contributed by atoms with Crippen molar-refractivity contribution in [1.82, 2.24) is 19.7 Å². The molecule has 0 bridgehead atoms. The van der Waals surface area contributed by atoms with E-state index in [0.717, 1.165) is 0 Å². The van der Waals surface area contributed by atoms with E-state index in [2.05, 4.69) is 19.8 Å². The van der Waals surface area contributed by atoms with E-state index >= 15 is 0 Å². The second-order valence-electron chi connectivity index (χ2n) is 5.88. The maximum absolute atomic E-state index is 12.6. The number of aromatic nitrogens is 4. The lowest BCUT2D eigenvalue weighted by Gasteiger charge is -2.10. The molecular weight excluding hydrogens is 380 g/mol. The van der Waals surface area contributed by atoms with Gasteiger partial charge in [-0.2, -0.15) is 5.10 Å². The Morgan fingerprint density at radius 1 is 1.11 bits per heavy atom. The fourth-order valence-corrected chi connectivity index (χ4v) is 3.77. The van der Waals surface area contributed by atoms with Crippen LogP contribution < -0.4 is 15.2 Å². The van der Waals surface area contributed by atoms with Crippen molar-refractivity contribution in [3.8, 4) is 11.4 Å². The van der Waals surface area contributed by atoms with Crippen molar-refractivity contribution < 1.29 is 13.2 Å². The Hall–Kier alpha value is -3.66. The van der Waals surface area contributed by atoms with Gasteiger partial charge in [0.1, 0.15) is 17.9 Å². The number of ether oxygens (including phenoxy) is 1. The second kappa shape index (κ2) is 6.82. The van der Waals surface area contributed by atoms with Gasteiger partial charge in [0, 0.05) is 0 Å². The Balaban J connectivity index is 1.67. The van der Waals surface area contributed by atoms with E-state index in [1.165, 1.54) is 25.6 Å². The molecule has 0 atom stereocenters. The Morgan fingerprint density at radius 3 is 2.64 bits per heavy atom. The van der Waals surface area contributed by atoms with Crippen LogP contribution in [0.2, 0.25) is 0 Å². The van der Waals surface area contributed by atoms with Gasteiger partial charge in [0.05, 0.1) is 35.0 Å². The summed E-state index contributed by atoms with van der Waals surface area (Å²) in [7, 11) is -2.24. The van der Waals surface area contributed by atoms with E-state index < -0.39 is 10.0 Å². The molecule has 10 heteroatoms. The summed E-state index contributed by atoms with van der Waals surface area (Å²) in [6, 6.07) is 13.0. The van der Waals surface area contributed by atoms with Gasteiger partial charge in [-0.25, -0.2) is 23.1 Å². The average Bonchev–Trinajstić information content (AvgIpc) is 3.13. The van der Waals surface area contributed by atoms with Gasteiger partial charge in [-0.15, -0.1) is 0 Å². The molecule has 0 fully saturated rings. The minimum absolute atomic E-state index is 0.128. The van der Waals surface area contributed by atoms with Gasteiger partial charge in [0.2, 0.25) is 0 Å². The summed E-state index contributed by atoms with van der Waals surface area (Å²) in [5.41, 5.74) is 7.39. The summed E-state index contributed by atoms with van der Waals surface area (Å²) < 4.78 is 34.5. The van der Waals surface area contributed by atoms with Gasteiger partial charge in [-0.1, -0.05) is 6.07 Å². The first-order valence-electron chi connectivity index (χ1n) is 8.19. The number of nitrogens with zero attached hydrogens (tertiary/aromatic N) is 4. The molecule has 4 rings (SSSR count). The van der Waals surface area contributed by atoms with Gasteiger partial charge < -0.3 is 10.5 Å². The van der Waals surface area contributed by atoms with Crippen molar-refractivity contribution in [3.63, 3.8) is 0 Å². The van der Waals surface area contributed by atoms with Gasteiger partial charge in [-0.3, -0.25) is 4.72 Å². The Labute approximate surface area is 160 Å². The van der Waals surface area contributed by atoms with Crippen LogP contribution in [0.15, 0.2) is 66.0 Å². The molecule has 9 nitrogen and oxygen atoms in total. The number of benzene rings is 2. The number of sulfonamides is 1. The number of nitrogen functional groups attached to an aromatic ring is 1. The highest BCUT2D eigenvalue weighted by molar-refractivity contribution is 7.92. The quantitative estimate of drug-likeness (QED) is 0.530. The van der Waals surface area contributed by atoms with Gasteiger partial charge in [0.25, 0.3) is 10.0 Å². The third-order valence-corrected chi connectivity index (χ3v) is 5.51. The molecule has 0 radical (unpaired) electrons. The molecule has 28 heavy (non-hydrogen) atoms. The number of nitrogens with two attached hydrogens (primary N) is 1. The molecule has 0 aliphatic rings. The van der Waals surface area contributed by atoms with E-state index in [1.54, 1.807) is 47.3 Å². The molecule has 2 aromatic heterocycles. The summed E-state index contributed by atoms with van der Waals surface area (Å²) >= 11 is 0. The molecule has 2 aromatic carbocycles. The minimum atomic E-state index is -3.75. The van der Waals surface area contributed by atoms with Crippen molar-refractivity contribution in [2.24, 2.45) is 0 Å². The van der Waals surface area contributed by atoms with Crippen LogP contribution >= 0.6 is 0 Å². The molecule has 0 amide bonds. The molecule has 142 valence electrons. The monoisotopic (exact) mass is 396 g/mol. The standard InChI is InChI=1S/C18H16N6O3S/c1-27-14-5-7-15(8-6-14)28(25,26)23-12-3-2-4-13(9-12)24-18-16(10-22-24)17(19)20-11-21-18/h2-11,23H,1H3,(H2,19,20,21). The largest absolute Gasteiger partial charge is 0.497 e. The number of fused-ring (bicyclic) bond motifs is 1. The zero-order valence-corrected chi connectivity index (χ0v) is 15.6. The predicted molar refractivity (Wildman–Crippen MR) is 105 cm³/mol. The predicted octanol–water partition coefficient (Wildman–Crippen LogP) is 2.21. The highest BCUT2D eigenvalue weighted by atomic mass is 32.2. The Kier molecular flexibility index (Phi) is 4.32. The molecule has 0 unspecified atom stereocenters. The van der Waals surface area contributed by atoms with E-state index in [9.17, 15) is 8.42 Å². The summed E-state index contributed by atoms with van der Waals surface area (Å²) in [4.78, 5) is 8.27. The van der Waals surface area contributed by atoms with E-state index in [4.69, 9.17) is 10.5 Å². The van der Waals surface area contributed by atoms with Crippen LogP contribution in [-0.2, 0) is 10.0 Å². The maximum Gasteiger partial charge on any atom is 0.261 e. The number of rotatable bonds is 5. The smallest absolute Gasteiger partial charge is 0.261 e. The van der Waals surface area contributed by atoms with Gasteiger partial charge in [0.15, 0.2) is 5.65 Å². The summed E-state index contributed by atoms with van der Waals surface area (Å²) in [6.07, 6.45) is 2.92. The van der Waals surface area contributed by atoms with E-state index in [0.29, 0.717) is 34.0 Å². The molecular formula is C18H16N6O3S. The summed E-state index contributed by atoms with van der Waals surface area (Å²) in [6.45, 7) is 0. The lowest BCUT2D eigenvalue weighted by Crippen LogP contribution is -2.13. The van der Waals surface area contributed by atoms with Gasteiger partial charge >= 0.3 is 0 Å². The van der Waals surface area contributed by atoms with Crippen molar-refractivity contribution in [2.75, 3.05) is 17.6 Å². The molecule has 0 aliphatic carbocycles. The molecule has 0 spiro atoms. The number of hydrogen-bond acceptors (Lipinski definition) is 7. The fraction of sp³-hybridized carbons (Fsp3) is 0.0556. The molecule has 0 saturated heterocycles. The third kappa shape index (κ3) is 3.21. The fourth-order valence-electron chi connectivity index (χ4n) is 2.72. The molecule has 0 aliphatic heterocycles. The number of hydrogen-bond donors (Lipinski definition) is 2. The van der Waals surface area contributed by atoms with Crippen LogP contribution in [0.5, 0.6) is 5.75 Å². The topological polar surface area (TPSA) is 125 Å². The SMILES string of the molecule is COc1ccc(S(=O)(=O)Nc2cccc(-n3ncc4c(N)ncnc43)c2)cc1. The zero-order valence-electron chi connectivity index (χ0n) is 14.8. The molecule has 2 heterocycles. The average molecular weight is 396 g/mol. The third-order valence-electron chi connectivity index (χ3n) is 4.11. The van der Waals surface area contributed by atoms with Crippen LogP contribution in [0.3, 0.4) is 0 Å². The van der Waals surface area contributed by atoms with Crippen LogP contribution in [0.25, 0.3) is 16.7 Å². The lowest BCUT2D eigenvalue weighted by atomic mass is 10.3. The van der Waals surface area contributed by atoms with Crippen molar-refractivity contribution in [3.05, 3.63) is 61.1 Å². The minimum Gasteiger partial charge on any atom is -0.497 e. The molecule has 3 N–H and O–H groups in total. The van der Waals surface area contributed by atoms with Crippen molar-refractivity contribution in [2.45, 2.75) is 4.90 Å². The molecule has 0 saturated carbocycles.